The third kappa shape index (κ3) is 4.23. The van der Waals surface area contributed by atoms with Crippen molar-refractivity contribution >= 4 is 45.6 Å². The van der Waals surface area contributed by atoms with Crippen molar-refractivity contribution in [3.8, 4) is 11.3 Å². The Bertz CT molecular complexity index is 941. The van der Waals surface area contributed by atoms with Gasteiger partial charge in [-0.3, -0.25) is 10.1 Å². The Kier molecular flexibility index (Phi) is 5.91. The Morgan fingerprint density at radius 3 is 2.58 bits per heavy atom. The molecular formula is C19H15Cl2FN2OS. The van der Waals surface area contributed by atoms with Crippen LogP contribution in [0.15, 0.2) is 42.5 Å². The highest BCUT2D eigenvalue weighted by atomic mass is 35.5. The molecule has 0 bridgehead atoms. The van der Waals surface area contributed by atoms with Crippen LogP contribution in [0.4, 0.5) is 9.52 Å². The molecule has 0 aliphatic heterocycles. The number of aryl methyl sites for hydroxylation is 1. The maximum Gasteiger partial charge on any atom is 0.257 e. The summed E-state index contributed by atoms with van der Waals surface area (Å²) in [5.74, 6) is -0.726. The third-order valence-corrected chi connectivity index (χ3v) is 5.27. The highest BCUT2D eigenvalue weighted by molar-refractivity contribution is 7.16. The smallest absolute Gasteiger partial charge is 0.257 e. The lowest BCUT2D eigenvalue weighted by atomic mass is 10.1. The molecule has 0 unspecified atom stereocenters. The predicted molar refractivity (Wildman–Crippen MR) is 106 cm³/mol. The van der Waals surface area contributed by atoms with Gasteiger partial charge in [-0.15, -0.1) is 11.3 Å². The van der Waals surface area contributed by atoms with Gasteiger partial charge in [0.1, 0.15) is 5.82 Å². The predicted octanol–water partition coefficient (Wildman–Crippen LogP) is 6.46. The molecule has 7 heteroatoms. The molecule has 1 N–H and O–H groups in total. The minimum absolute atomic E-state index is 0.337. The van der Waals surface area contributed by atoms with Crippen LogP contribution >= 0.6 is 34.5 Å². The summed E-state index contributed by atoms with van der Waals surface area (Å²) in [5.41, 5.74) is 1.88. The van der Waals surface area contributed by atoms with Crippen molar-refractivity contribution in [3.63, 3.8) is 0 Å². The molecule has 0 saturated heterocycles. The maximum atomic E-state index is 13.0. The second-order valence-corrected chi connectivity index (χ2v) is 7.55. The molecule has 26 heavy (non-hydrogen) atoms. The van der Waals surface area contributed by atoms with Crippen molar-refractivity contribution in [3.05, 3.63) is 68.8 Å². The summed E-state index contributed by atoms with van der Waals surface area (Å²) < 4.78 is 13.0. The molecule has 1 amide bonds. The summed E-state index contributed by atoms with van der Waals surface area (Å²) in [6.45, 7) is 2.07. The number of halogens is 3. The molecule has 2 aromatic carbocycles. The minimum atomic E-state index is -0.388. The first kappa shape index (κ1) is 18.8. The number of anilines is 1. The van der Waals surface area contributed by atoms with Gasteiger partial charge in [0, 0.05) is 21.0 Å². The van der Waals surface area contributed by atoms with E-state index >= 15 is 0 Å². The Labute approximate surface area is 164 Å². The van der Waals surface area contributed by atoms with Gasteiger partial charge in [-0.25, -0.2) is 9.37 Å². The van der Waals surface area contributed by atoms with E-state index in [1.165, 1.54) is 35.6 Å². The molecule has 0 atom stereocenters. The van der Waals surface area contributed by atoms with Gasteiger partial charge in [-0.05, 0) is 48.9 Å². The van der Waals surface area contributed by atoms with Crippen LogP contribution in [-0.2, 0) is 6.42 Å². The summed E-state index contributed by atoms with van der Waals surface area (Å²) in [4.78, 5) is 17.9. The van der Waals surface area contributed by atoms with E-state index in [1.807, 2.05) is 6.07 Å². The number of nitrogens with one attached hydrogen (secondary N) is 1. The Balaban J connectivity index is 1.91. The number of hydrogen-bond donors (Lipinski definition) is 1. The number of amides is 1. The molecule has 1 aromatic heterocycles. The number of thiazole rings is 1. The fourth-order valence-corrected chi connectivity index (χ4v) is 4.03. The lowest BCUT2D eigenvalue weighted by Gasteiger charge is -2.04. The summed E-state index contributed by atoms with van der Waals surface area (Å²) >= 11 is 13.7. The molecule has 134 valence electrons. The van der Waals surface area contributed by atoms with Crippen molar-refractivity contribution in [2.75, 3.05) is 5.32 Å². The third-order valence-electron chi connectivity index (χ3n) is 3.69. The molecule has 0 spiro atoms. The number of carbonyl (C=O) groups excluding carboxylic acids is 1. The Hall–Kier alpha value is -1.95. The Morgan fingerprint density at radius 1 is 1.19 bits per heavy atom. The van der Waals surface area contributed by atoms with Crippen molar-refractivity contribution in [2.24, 2.45) is 0 Å². The zero-order valence-electron chi connectivity index (χ0n) is 13.9. The molecule has 3 aromatic rings. The van der Waals surface area contributed by atoms with Gasteiger partial charge in [0.2, 0.25) is 0 Å². The van der Waals surface area contributed by atoms with E-state index in [0.717, 1.165) is 29.0 Å². The number of rotatable bonds is 5. The molecule has 3 nitrogen and oxygen atoms in total. The van der Waals surface area contributed by atoms with Crippen molar-refractivity contribution < 1.29 is 9.18 Å². The van der Waals surface area contributed by atoms with Crippen LogP contribution < -0.4 is 5.32 Å². The second-order valence-electron chi connectivity index (χ2n) is 5.63. The number of carbonyl (C=O) groups is 1. The summed E-state index contributed by atoms with van der Waals surface area (Å²) in [6.07, 6.45) is 1.75. The van der Waals surface area contributed by atoms with Crippen LogP contribution in [0.3, 0.4) is 0 Å². The Morgan fingerprint density at radius 2 is 1.92 bits per heavy atom. The first-order valence-electron chi connectivity index (χ1n) is 8.00. The van der Waals surface area contributed by atoms with Crippen LogP contribution in [0.1, 0.15) is 28.6 Å². The van der Waals surface area contributed by atoms with E-state index in [4.69, 9.17) is 23.2 Å². The number of benzene rings is 2. The molecule has 0 aliphatic rings. The zero-order valence-corrected chi connectivity index (χ0v) is 16.2. The molecule has 0 aliphatic carbocycles. The van der Waals surface area contributed by atoms with E-state index in [0.29, 0.717) is 20.7 Å². The van der Waals surface area contributed by atoms with Crippen LogP contribution in [0.25, 0.3) is 11.3 Å². The van der Waals surface area contributed by atoms with Gasteiger partial charge in [-0.2, -0.15) is 0 Å². The number of nitrogens with zero attached hydrogens (tertiary/aromatic N) is 1. The first-order chi connectivity index (χ1) is 12.5. The van der Waals surface area contributed by atoms with E-state index in [2.05, 4.69) is 17.2 Å². The summed E-state index contributed by atoms with van der Waals surface area (Å²) in [7, 11) is 0. The lowest BCUT2D eigenvalue weighted by molar-refractivity contribution is 0.102. The fourth-order valence-electron chi connectivity index (χ4n) is 2.46. The topological polar surface area (TPSA) is 42.0 Å². The summed E-state index contributed by atoms with van der Waals surface area (Å²) in [5, 5.41) is 4.31. The quantitative estimate of drug-likeness (QED) is 0.525. The van der Waals surface area contributed by atoms with E-state index in [9.17, 15) is 9.18 Å². The van der Waals surface area contributed by atoms with Crippen molar-refractivity contribution in [1.29, 1.82) is 0 Å². The van der Waals surface area contributed by atoms with E-state index in [1.54, 1.807) is 12.1 Å². The number of hydrogen-bond acceptors (Lipinski definition) is 3. The maximum absolute atomic E-state index is 13.0. The van der Waals surface area contributed by atoms with Crippen molar-refractivity contribution in [2.45, 2.75) is 19.8 Å². The minimum Gasteiger partial charge on any atom is -0.298 e. The van der Waals surface area contributed by atoms with Gasteiger partial charge < -0.3 is 0 Å². The van der Waals surface area contributed by atoms with Gasteiger partial charge >= 0.3 is 0 Å². The summed E-state index contributed by atoms with van der Waals surface area (Å²) in [6, 6.07) is 10.6. The van der Waals surface area contributed by atoms with Gasteiger partial charge in [0.25, 0.3) is 5.91 Å². The van der Waals surface area contributed by atoms with Gasteiger partial charge in [0.15, 0.2) is 5.13 Å². The molecule has 0 fully saturated rings. The molecule has 3 rings (SSSR count). The highest BCUT2D eigenvalue weighted by Crippen LogP contribution is 2.37. The van der Waals surface area contributed by atoms with Gasteiger partial charge in [-0.1, -0.05) is 36.5 Å². The average molecular weight is 409 g/mol. The van der Waals surface area contributed by atoms with Crippen LogP contribution in [0.5, 0.6) is 0 Å². The monoisotopic (exact) mass is 408 g/mol. The zero-order chi connectivity index (χ0) is 18.7. The first-order valence-corrected chi connectivity index (χ1v) is 9.57. The molecule has 0 radical (unpaired) electrons. The SMILES string of the molecule is CCCc1sc(NC(=O)c2ccc(F)cc2)nc1-c1ccc(Cl)cc1Cl. The average Bonchev–Trinajstić information content (AvgIpc) is 2.98. The number of aromatic nitrogens is 1. The van der Waals surface area contributed by atoms with Crippen LogP contribution in [-0.4, -0.2) is 10.9 Å². The fraction of sp³-hybridized carbons (Fsp3) is 0.158. The normalized spacial score (nSPS) is 10.8. The second kappa shape index (κ2) is 8.16. The van der Waals surface area contributed by atoms with E-state index in [-0.39, 0.29) is 11.7 Å². The van der Waals surface area contributed by atoms with Crippen LogP contribution in [0, 0.1) is 5.82 Å². The largest absolute Gasteiger partial charge is 0.298 e. The molecule has 0 saturated carbocycles. The van der Waals surface area contributed by atoms with Gasteiger partial charge in [0.05, 0.1) is 10.7 Å². The standard InChI is InChI=1S/C19H15Cl2FN2OS/c1-2-3-16-17(14-9-6-12(20)10-15(14)21)23-19(26-16)24-18(25)11-4-7-13(22)8-5-11/h4-10H,2-3H2,1H3,(H,23,24,25). The van der Waals surface area contributed by atoms with Crippen molar-refractivity contribution in [1.82, 2.24) is 4.98 Å². The van der Waals surface area contributed by atoms with Crippen LogP contribution in [0.2, 0.25) is 10.0 Å². The highest BCUT2D eigenvalue weighted by Gasteiger charge is 2.17. The molecular weight excluding hydrogens is 394 g/mol. The van der Waals surface area contributed by atoms with E-state index < -0.39 is 0 Å². The lowest BCUT2D eigenvalue weighted by Crippen LogP contribution is -2.11. The molecule has 1 heterocycles.